The highest BCUT2D eigenvalue weighted by atomic mass is 16.5. The summed E-state index contributed by atoms with van der Waals surface area (Å²) in [6.07, 6.45) is 2.74. The number of hydrogen-bond donors (Lipinski definition) is 1. The van der Waals surface area contributed by atoms with Crippen LogP contribution in [0.4, 0.5) is 0 Å². The van der Waals surface area contributed by atoms with E-state index in [0.717, 1.165) is 12.1 Å². The molecule has 15 heavy (non-hydrogen) atoms. The number of aromatic nitrogens is 3. The molecule has 0 aliphatic heterocycles. The average molecular weight is 212 g/mol. The number of hydrogen-bond acceptors (Lipinski definition) is 4. The summed E-state index contributed by atoms with van der Waals surface area (Å²) in [7, 11) is 5.52. The fourth-order valence-electron chi connectivity index (χ4n) is 1.54. The molecule has 1 heterocycles. The quantitative estimate of drug-likeness (QED) is 0.766. The largest absolute Gasteiger partial charge is 0.377 e. The molecule has 0 amide bonds. The molecule has 1 atom stereocenters. The van der Waals surface area contributed by atoms with E-state index in [-0.39, 0.29) is 11.6 Å². The van der Waals surface area contributed by atoms with Gasteiger partial charge < -0.3 is 10.1 Å². The Morgan fingerprint density at radius 1 is 1.60 bits per heavy atom. The fraction of sp³-hybridized carbons (Fsp3) is 0.800. The molecule has 0 bridgehead atoms. The van der Waals surface area contributed by atoms with Crippen molar-refractivity contribution in [2.75, 3.05) is 14.2 Å². The summed E-state index contributed by atoms with van der Waals surface area (Å²) in [5.74, 6) is 0. The van der Waals surface area contributed by atoms with Crippen LogP contribution in [0.1, 0.15) is 19.5 Å². The van der Waals surface area contributed by atoms with Gasteiger partial charge in [-0.05, 0) is 20.9 Å². The second-order valence-electron chi connectivity index (χ2n) is 4.24. The third-order valence-corrected chi connectivity index (χ3v) is 2.78. The van der Waals surface area contributed by atoms with Crippen LogP contribution in [0.5, 0.6) is 0 Å². The van der Waals surface area contributed by atoms with Crippen LogP contribution in [-0.4, -0.2) is 40.8 Å². The van der Waals surface area contributed by atoms with E-state index in [9.17, 15) is 0 Å². The molecule has 1 N–H and O–H groups in total. The molecule has 1 aromatic heterocycles. The van der Waals surface area contributed by atoms with E-state index in [1.165, 1.54) is 0 Å². The maximum Gasteiger partial charge on any atom is 0.0843 e. The van der Waals surface area contributed by atoms with Crippen molar-refractivity contribution in [1.82, 2.24) is 20.3 Å². The van der Waals surface area contributed by atoms with Gasteiger partial charge in [0, 0.05) is 32.8 Å². The number of rotatable bonds is 5. The van der Waals surface area contributed by atoms with Crippen LogP contribution in [0.2, 0.25) is 0 Å². The van der Waals surface area contributed by atoms with E-state index in [1.54, 1.807) is 11.8 Å². The molecule has 86 valence electrons. The van der Waals surface area contributed by atoms with Gasteiger partial charge in [-0.2, -0.15) is 0 Å². The van der Waals surface area contributed by atoms with Gasteiger partial charge in [0.15, 0.2) is 0 Å². The van der Waals surface area contributed by atoms with Crippen molar-refractivity contribution >= 4 is 0 Å². The first-order valence-corrected chi connectivity index (χ1v) is 5.07. The Labute approximate surface area is 90.8 Å². The second-order valence-corrected chi connectivity index (χ2v) is 4.24. The topological polar surface area (TPSA) is 52.0 Å². The highest BCUT2D eigenvalue weighted by Gasteiger charge is 2.28. The molecular weight excluding hydrogens is 192 g/mol. The SMILES string of the molecule is CNC(Cc1cn(C)nn1)C(C)(C)OC. The lowest BCUT2D eigenvalue weighted by atomic mass is 9.94. The molecule has 0 fully saturated rings. The van der Waals surface area contributed by atoms with Crippen LogP contribution >= 0.6 is 0 Å². The summed E-state index contributed by atoms with van der Waals surface area (Å²) in [5.41, 5.74) is 0.758. The van der Waals surface area contributed by atoms with Crippen molar-refractivity contribution in [3.05, 3.63) is 11.9 Å². The van der Waals surface area contributed by atoms with Crippen molar-refractivity contribution in [1.29, 1.82) is 0 Å². The van der Waals surface area contributed by atoms with E-state index in [4.69, 9.17) is 4.74 Å². The van der Waals surface area contributed by atoms with E-state index in [1.807, 2.05) is 20.3 Å². The zero-order valence-electron chi connectivity index (χ0n) is 10.1. The monoisotopic (exact) mass is 212 g/mol. The highest BCUT2D eigenvalue weighted by Crippen LogP contribution is 2.16. The molecule has 0 radical (unpaired) electrons. The lowest BCUT2D eigenvalue weighted by Gasteiger charge is -2.32. The Balaban J connectivity index is 2.69. The third-order valence-electron chi connectivity index (χ3n) is 2.78. The number of ether oxygens (including phenoxy) is 1. The predicted octanol–water partition coefficient (Wildman–Crippen LogP) is 0.371. The molecule has 0 aliphatic rings. The number of nitrogens with zero attached hydrogens (tertiary/aromatic N) is 3. The van der Waals surface area contributed by atoms with Gasteiger partial charge in [-0.25, -0.2) is 0 Å². The third kappa shape index (κ3) is 3.00. The van der Waals surface area contributed by atoms with E-state index < -0.39 is 0 Å². The van der Waals surface area contributed by atoms with Crippen LogP contribution < -0.4 is 5.32 Å². The number of likely N-dealkylation sites (N-methyl/N-ethyl adjacent to an activating group) is 1. The first-order chi connectivity index (χ1) is 6.99. The predicted molar refractivity (Wildman–Crippen MR) is 58.6 cm³/mol. The number of nitrogens with one attached hydrogen (secondary N) is 1. The second kappa shape index (κ2) is 4.72. The standard InChI is InChI=1S/C10H20N4O/c1-10(2,15-5)9(11-3)6-8-7-14(4)13-12-8/h7,9,11H,6H2,1-5H3. The zero-order valence-corrected chi connectivity index (χ0v) is 10.1. The molecule has 0 aromatic carbocycles. The van der Waals surface area contributed by atoms with Crippen LogP contribution in [0.15, 0.2) is 6.20 Å². The average Bonchev–Trinajstić information content (AvgIpc) is 2.60. The minimum atomic E-state index is -0.216. The molecule has 0 saturated heterocycles. The summed E-state index contributed by atoms with van der Waals surface area (Å²) in [6.45, 7) is 4.12. The molecular formula is C10H20N4O. The lowest BCUT2D eigenvalue weighted by Crippen LogP contribution is -2.48. The van der Waals surface area contributed by atoms with Crippen molar-refractivity contribution in [3.63, 3.8) is 0 Å². The summed E-state index contributed by atoms with van der Waals surface area (Å²) in [6, 6.07) is 0.221. The Morgan fingerprint density at radius 2 is 2.27 bits per heavy atom. The fourth-order valence-corrected chi connectivity index (χ4v) is 1.54. The van der Waals surface area contributed by atoms with Crippen molar-refractivity contribution < 1.29 is 4.74 Å². The lowest BCUT2D eigenvalue weighted by molar-refractivity contribution is -0.00822. The molecule has 1 aromatic rings. The van der Waals surface area contributed by atoms with Gasteiger partial charge in [-0.3, -0.25) is 4.68 Å². The first kappa shape index (κ1) is 12.1. The smallest absolute Gasteiger partial charge is 0.0843 e. The Morgan fingerprint density at radius 3 is 2.67 bits per heavy atom. The molecule has 5 heteroatoms. The van der Waals surface area contributed by atoms with E-state index in [2.05, 4.69) is 29.5 Å². The minimum absolute atomic E-state index is 0.216. The molecule has 1 unspecified atom stereocenters. The molecule has 0 saturated carbocycles. The first-order valence-electron chi connectivity index (χ1n) is 5.07. The van der Waals surface area contributed by atoms with Crippen LogP contribution in [0.3, 0.4) is 0 Å². The van der Waals surface area contributed by atoms with Crippen molar-refractivity contribution in [2.24, 2.45) is 7.05 Å². The van der Waals surface area contributed by atoms with Gasteiger partial charge in [0.1, 0.15) is 0 Å². The van der Waals surface area contributed by atoms with Gasteiger partial charge in [0.2, 0.25) is 0 Å². The van der Waals surface area contributed by atoms with Gasteiger partial charge >= 0.3 is 0 Å². The van der Waals surface area contributed by atoms with Gasteiger partial charge in [-0.15, -0.1) is 5.10 Å². The number of aryl methyl sites for hydroxylation is 1. The van der Waals surface area contributed by atoms with Crippen LogP contribution in [0.25, 0.3) is 0 Å². The van der Waals surface area contributed by atoms with Crippen molar-refractivity contribution in [2.45, 2.75) is 31.9 Å². The Bertz CT molecular complexity index is 308. The normalized spacial score (nSPS) is 14.2. The van der Waals surface area contributed by atoms with Crippen LogP contribution in [0, 0.1) is 0 Å². The van der Waals surface area contributed by atoms with Gasteiger partial charge in [0.05, 0.1) is 11.3 Å². The molecule has 0 aliphatic carbocycles. The molecule has 5 nitrogen and oxygen atoms in total. The van der Waals surface area contributed by atoms with Gasteiger partial charge in [-0.1, -0.05) is 5.21 Å². The zero-order chi connectivity index (χ0) is 11.5. The van der Waals surface area contributed by atoms with Crippen molar-refractivity contribution in [3.8, 4) is 0 Å². The Kier molecular flexibility index (Phi) is 3.82. The molecule has 0 spiro atoms. The van der Waals surface area contributed by atoms with Crippen LogP contribution in [-0.2, 0) is 18.2 Å². The Hall–Kier alpha value is -0.940. The van der Waals surface area contributed by atoms with E-state index in [0.29, 0.717) is 0 Å². The summed E-state index contributed by atoms with van der Waals surface area (Å²) in [4.78, 5) is 0. The number of methoxy groups -OCH3 is 1. The summed E-state index contributed by atoms with van der Waals surface area (Å²) in [5, 5.41) is 11.2. The molecule has 1 rings (SSSR count). The maximum absolute atomic E-state index is 5.45. The minimum Gasteiger partial charge on any atom is -0.377 e. The summed E-state index contributed by atoms with van der Waals surface area (Å²) < 4.78 is 7.16. The van der Waals surface area contributed by atoms with Gasteiger partial charge in [0.25, 0.3) is 0 Å². The van der Waals surface area contributed by atoms with E-state index >= 15 is 0 Å². The maximum atomic E-state index is 5.45. The highest BCUT2D eigenvalue weighted by molar-refractivity contribution is 5.00. The summed E-state index contributed by atoms with van der Waals surface area (Å²) >= 11 is 0.